The number of hydrogen-bond donors (Lipinski definition) is 0. The molecule has 0 aliphatic rings. The molecular weight excluding hydrogens is 368 g/mol. The third-order valence-electron chi connectivity index (χ3n) is 4.14. The number of rotatable bonds is 4. The summed E-state index contributed by atoms with van der Waals surface area (Å²) in [5.74, 6) is -0.902. The van der Waals surface area contributed by atoms with Crippen LogP contribution in [-0.2, 0) is 6.54 Å². The van der Waals surface area contributed by atoms with Crippen LogP contribution in [0.4, 0.5) is 8.78 Å². The summed E-state index contributed by atoms with van der Waals surface area (Å²) in [7, 11) is 0. The summed E-state index contributed by atoms with van der Waals surface area (Å²) in [6.07, 6.45) is 4.32. The summed E-state index contributed by atoms with van der Waals surface area (Å²) < 4.78 is 30.5. The number of benzene rings is 2. The normalized spacial score (nSPS) is 10.9. The summed E-state index contributed by atoms with van der Waals surface area (Å²) in [5.41, 5.74) is -0.575. The lowest BCUT2D eigenvalue weighted by Crippen LogP contribution is -2.40. The highest BCUT2D eigenvalue weighted by atomic mass is 19.1. The third kappa shape index (κ3) is 3.25. The highest BCUT2D eigenvalue weighted by Gasteiger charge is 2.11. The van der Waals surface area contributed by atoms with Gasteiger partial charge in [-0.25, -0.2) is 13.5 Å². The van der Waals surface area contributed by atoms with Gasteiger partial charge in [0.15, 0.2) is 0 Å². The van der Waals surface area contributed by atoms with Crippen molar-refractivity contribution in [2.75, 3.05) is 0 Å². The Hall–Kier alpha value is -3.88. The SMILES string of the molecule is O=c1c(=O)n(-c2ccc(F)cc2)ccn1Cc1cn(-c2ccccc2F)nn1. The molecule has 4 aromatic rings. The lowest BCUT2D eigenvalue weighted by molar-refractivity contribution is 0.607. The first kappa shape index (κ1) is 17.5. The molecule has 0 atom stereocenters. The van der Waals surface area contributed by atoms with Crippen molar-refractivity contribution in [2.24, 2.45) is 0 Å². The Morgan fingerprint density at radius 1 is 0.893 bits per heavy atom. The fourth-order valence-corrected chi connectivity index (χ4v) is 2.74. The standard InChI is InChI=1S/C19H13F2N5O2/c20-13-5-7-15(8-6-13)25-10-9-24(18(27)19(25)28)11-14-12-26(23-22-14)17-4-2-1-3-16(17)21/h1-10,12H,11H2. The maximum absolute atomic E-state index is 13.8. The molecule has 140 valence electrons. The first-order chi connectivity index (χ1) is 13.5. The molecule has 0 saturated carbocycles. The van der Waals surface area contributed by atoms with Crippen molar-refractivity contribution in [3.05, 3.63) is 105 Å². The van der Waals surface area contributed by atoms with Gasteiger partial charge in [-0.3, -0.25) is 14.2 Å². The molecule has 2 aromatic heterocycles. The number of para-hydroxylation sites is 1. The Morgan fingerprint density at radius 2 is 1.64 bits per heavy atom. The van der Waals surface area contributed by atoms with E-state index in [2.05, 4.69) is 10.3 Å². The molecule has 0 aliphatic carbocycles. The number of aromatic nitrogens is 5. The minimum atomic E-state index is -0.782. The smallest absolute Gasteiger partial charge is 0.303 e. The van der Waals surface area contributed by atoms with Gasteiger partial charge in [0.05, 0.1) is 12.7 Å². The van der Waals surface area contributed by atoms with E-state index >= 15 is 0 Å². The molecule has 9 heteroatoms. The van der Waals surface area contributed by atoms with Gasteiger partial charge in [-0.1, -0.05) is 17.3 Å². The van der Waals surface area contributed by atoms with Crippen molar-refractivity contribution < 1.29 is 8.78 Å². The van der Waals surface area contributed by atoms with Crippen LogP contribution < -0.4 is 11.1 Å². The van der Waals surface area contributed by atoms with Crippen molar-refractivity contribution in [2.45, 2.75) is 6.54 Å². The molecule has 0 amide bonds. The average molecular weight is 381 g/mol. The highest BCUT2D eigenvalue weighted by Crippen LogP contribution is 2.12. The topological polar surface area (TPSA) is 74.7 Å². The van der Waals surface area contributed by atoms with Crippen LogP contribution >= 0.6 is 0 Å². The van der Waals surface area contributed by atoms with Crippen LogP contribution in [0.2, 0.25) is 0 Å². The predicted octanol–water partition coefficient (Wildman–Crippen LogP) is 1.91. The van der Waals surface area contributed by atoms with E-state index in [0.29, 0.717) is 11.4 Å². The van der Waals surface area contributed by atoms with Crippen molar-refractivity contribution in [1.82, 2.24) is 24.1 Å². The summed E-state index contributed by atoms with van der Waals surface area (Å²) in [4.78, 5) is 24.8. The van der Waals surface area contributed by atoms with Crippen LogP contribution in [0, 0.1) is 11.6 Å². The highest BCUT2D eigenvalue weighted by molar-refractivity contribution is 5.33. The maximum Gasteiger partial charge on any atom is 0.320 e. The molecule has 0 unspecified atom stereocenters. The van der Waals surface area contributed by atoms with Crippen molar-refractivity contribution in [3.63, 3.8) is 0 Å². The summed E-state index contributed by atoms with van der Waals surface area (Å²) in [6.45, 7) is -0.00716. The summed E-state index contributed by atoms with van der Waals surface area (Å²) in [5, 5.41) is 7.79. The van der Waals surface area contributed by atoms with Crippen LogP contribution in [-0.4, -0.2) is 24.1 Å². The zero-order valence-electron chi connectivity index (χ0n) is 14.4. The second-order valence-electron chi connectivity index (χ2n) is 5.99. The van der Waals surface area contributed by atoms with Crippen molar-refractivity contribution in [3.8, 4) is 11.4 Å². The largest absolute Gasteiger partial charge is 0.320 e. The molecular formula is C19H13F2N5O2. The van der Waals surface area contributed by atoms with Crippen molar-refractivity contribution in [1.29, 1.82) is 0 Å². The molecule has 7 nitrogen and oxygen atoms in total. The van der Waals surface area contributed by atoms with Crippen LogP contribution in [0.3, 0.4) is 0 Å². The average Bonchev–Trinajstić information content (AvgIpc) is 3.15. The molecule has 28 heavy (non-hydrogen) atoms. The zero-order chi connectivity index (χ0) is 19.7. The fourth-order valence-electron chi connectivity index (χ4n) is 2.74. The molecule has 0 bridgehead atoms. The summed E-state index contributed by atoms with van der Waals surface area (Å²) in [6, 6.07) is 11.3. The van der Waals surface area contributed by atoms with Gasteiger partial charge in [-0.15, -0.1) is 5.10 Å². The van der Waals surface area contributed by atoms with Crippen molar-refractivity contribution >= 4 is 0 Å². The van der Waals surface area contributed by atoms with E-state index in [4.69, 9.17) is 0 Å². The Kier molecular flexibility index (Phi) is 4.40. The molecule has 4 rings (SSSR count). The first-order valence-electron chi connectivity index (χ1n) is 8.27. The molecule has 0 spiro atoms. The number of halogens is 2. The quantitative estimate of drug-likeness (QED) is 0.506. The van der Waals surface area contributed by atoms with E-state index < -0.39 is 22.8 Å². The fraction of sp³-hybridized carbons (Fsp3) is 0.0526. The van der Waals surface area contributed by atoms with E-state index in [1.54, 1.807) is 18.2 Å². The molecule has 0 radical (unpaired) electrons. The molecule has 0 aliphatic heterocycles. The number of hydrogen-bond acceptors (Lipinski definition) is 4. The van der Waals surface area contributed by atoms with Gasteiger partial charge in [0.1, 0.15) is 23.0 Å². The molecule has 2 aromatic carbocycles. The minimum Gasteiger partial charge on any atom is -0.303 e. The molecule has 0 saturated heterocycles. The van der Waals surface area contributed by atoms with E-state index in [-0.39, 0.29) is 12.2 Å². The van der Waals surface area contributed by atoms with E-state index in [9.17, 15) is 18.4 Å². The second-order valence-corrected chi connectivity index (χ2v) is 5.99. The molecule has 0 fully saturated rings. The Balaban J connectivity index is 1.64. The first-order valence-corrected chi connectivity index (χ1v) is 8.27. The van der Waals surface area contributed by atoms with Crippen LogP contribution in [0.5, 0.6) is 0 Å². The van der Waals surface area contributed by atoms with Crippen LogP contribution in [0.1, 0.15) is 5.69 Å². The van der Waals surface area contributed by atoms with E-state index in [1.807, 2.05) is 0 Å². The van der Waals surface area contributed by atoms with Gasteiger partial charge < -0.3 is 4.57 Å². The maximum atomic E-state index is 13.8. The van der Waals surface area contributed by atoms with Gasteiger partial charge >= 0.3 is 11.1 Å². The monoisotopic (exact) mass is 381 g/mol. The van der Waals surface area contributed by atoms with Crippen LogP contribution in [0.25, 0.3) is 11.4 Å². The van der Waals surface area contributed by atoms with Gasteiger partial charge in [-0.2, -0.15) is 0 Å². The van der Waals surface area contributed by atoms with E-state index in [1.165, 1.54) is 58.2 Å². The lowest BCUT2D eigenvalue weighted by Gasteiger charge is -2.08. The lowest BCUT2D eigenvalue weighted by atomic mass is 10.3. The Morgan fingerprint density at radius 3 is 2.39 bits per heavy atom. The zero-order valence-corrected chi connectivity index (χ0v) is 14.4. The Labute approximate surface area is 156 Å². The van der Waals surface area contributed by atoms with E-state index in [0.717, 1.165) is 4.57 Å². The Bertz CT molecular complexity index is 1260. The summed E-state index contributed by atoms with van der Waals surface area (Å²) >= 11 is 0. The van der Waals surface area contributed by atoms with Gasteiger partial charge in [0.25, 0.3) is 0 Å². The number of nitrogens with zero attached hydrogens (tertiary/aromatic N) is 5. The van der Waals surface area contributed by atoms with Gasteiger partial charge in [0.2, 0.25) is 0 Å². The molecule has 0 N–H and O–H groups in total. The predicted molar refractivity (Wildman–Crippen MR) is 96.7 cm³/mol. The third-order valence-corrected chi connectivity index (χ3v) is 4.14. The molecule has 2 heterocycles. The van der Waals surface area contributed by atoms with Gasteiger partial charge in [0, 0.05) is 18.1 Å². The second kappa shape index (κ2) is 7.03. The van der Waals surface area contributed by atoms with Gasteiger partial charge in [-0.05, 0) is 36.4 Å². The minimum absolute atomic E-state index is 0.00716. The van der Waals surface area contributed by atoms with Crippen LogP contribution in [0.15, 0.2) is 76.7 Å².